The Labute approximate surface area is 159 Å². The van der Waals surface area contributed by atoms with Crippen LogP contribution in [-0.2, 0) is 20.7 Å². The van der Waals surface area contributed by atoms with E-state index in [0.29, 0.717) is 18.5 Å². The molecule has 0 radical (unpaired) electrons. The van der Waals surface area contributed by atoms with E-state index < -0.39 is 27.2 Å². The molecule has 9 heteroatoms. The van der Waals surface area contributed by atoms with Crippen molar-refractivity contribution in [2.45, 2.75) is 44.1 Å². The average Bonchev–Trinajstić information content (AvgIpc) is 3.33. The van der Waals surface area contributed by atoms with E-state index in [4.69, 9.17) is 0 Å². The fourth-order valence-electron chi connectivity index (χ4n) is 3.06. The van der Waals surface area contributed by atoms with Crippen LogP contribution in [0.4, 0.5) is 4.79 Å². The molecule has 0 bridgehead atoms. The van der Waals surface area contributed by atoms with Crippen LogP contribution >= 0.6 is 11.9 Å². The van der Waals surface area contributed by atoms with Gasteiger partial charge in [0.05, 0.1) is 6.04 Å². The number of carbonyl (C=O) groups excluding carboxylic acids is 2. The lowest BCUT2D eigenvalue weighted by Gasteiger charge is -2.26. The lowest BCUT2D eigenvalue weighted by atomic mass is 9.93. The number of nitrogens with zero attached hydrogens (tertiary/aromatic N) is 2. The molecule has 1 aromatic carbocycles. The van der Waals surface area contributed by atoms with E-state index in [0.717, 1.165) is 24.8 Å². The average molecular weight is 398 g/mol. The van der Waals surface area contributed by atoms with Crippen molar-refractivity contribution in [3.8, 4) is 0 Å². The molecule has 0 spiro atoms. The number of hydrogen-bond donors (Lipinski definition) is 1. The fraction of sp³-hybridized carbons (Fsp3) is 0.529. The first kappa shape index (κ1) is 20.6. The minimum Gasteiger partial charge on any atom is -0.273 e. The molecule has 2 atom stereocenters. The molecule has 2 amide bonds. The molecule has 1 saturated carbocycles. The number of carbonyl (C=O) groups is 2. The fourth-order valence-corrected chi connectivity index (χ4v) is 3.98. The van der Waals surface area contributed by atoms with Gasteiger partial charge in [-0.05, 0) is 25.5 Å². The topological polar surface area (TPSA) is 95.9 Å². The predicted octanol–water partition coefficient (Wildman–Crippen LogP) is 2.77. The highest BCUT2D eigenvalue weighted by Crippen LogP contribution is 2.52. The Hall–Kier alpha value is -1.71. The highest BCUT2D eigenvalue weighted by Gasteiger charge is 2.64. The molecule has 1 N–H and O–H groups in total. The van der Waals surface area contributed by atoms with Crippen LogP contribution in [0.5, 0.6) is 0 Å². The number of imide groups is 1. The van der Waals surface area contributed by atoms with Crippen LogP contribution < -0.4 is 4.72 Å². The molecule has 2 rings (SSSR count). The molecular weight excluding hydrogens is 374 g/mol. The zero-order valence-electron chi connectivity index (χ0n) is 14.8. The summed E-state index contributed by atoms with van der Waals surface area (Å²) in [6.07, 6.45) is 2.86. The third-order valence-electron chi connectivity index (χ3n) is 4.45. The summed E-state index contributed by atoms with van der Waals surface area (Å²) in [4.78, 5) is 27.0. The molecule has 0 aromatic heterocycles. The Bertz CT molecular complexity index is 774. The van der Waals surface area contributed by atoms with E-state index >= 15 is 0 Å². The smallest absolute Gasteiger partial charge is 0.273 e. The zero-order chi connectivity index (χ0) is 19.2. The van der Waals surface area contributed by atoms with Crippen molar-refractivity contribution in [3.05, 3.63) is 35.9 Å². The minimum absolute atomic E-state index is 0.283. The summed E-state index contributed by atoms with van der Waals surface area (Å²) in [6, 6.07) is 8.29. The molecule has 1 aliphatic rings. The van der Waals surface area contributed by atoms with Crippen LogP contribution in [0.2, 0.25) is 0 Å². The third kappa shape index (κ3) is 4.52. The third-order valence-corrected chi connectivity index (χ3v) is 5.47. The summed E-state index contributed by atoms with van der Waals surface area (Å²) < 4.78 is 28.4. The molecule has 1 fully saturated rings. The van der Waals surface area contributed by atoms with Gasteiger partial charge in [-0.2, -0.15) is 12.8 Å². The second-order valence-corrected chi connectivity index (χ2v) is 7.72. The SMILES string of the molecule is CCCCCN(C(=O)SNC)C(=O)C1(c2ccccc2)CC1N=S(=O)=O. The summed E-state index contributed by atoms with van der Waals surface area (Å²) in [5.74, 6) is -0.383. The molecule has 0 saturated heterocycles. The maximum absolute atomic E-state index is 13.3. The monoisotopic (exact) mass is 397 g/mol. The summed E-state index contributed by atoms with van der Waals surface area (Å²) in [6.45, 7) is 2.35. The van der Waals surface area contributed by atoms with Crippen LogP contribution in [0.1, 0.15) is 38.2 Å². The standard InChI is InChI=1S/C17H23N3O4S2/c1-3-4-8-11-20(16(22)25-18-2)15(21)17(12-14(17)19-26(23)24)13-9-6-5-7-10-13/h5-7,9-10,14,18H,3-4,8,11-12H2,1-2H3. The number of nitrogens with one attached hydrogen (secondary N) is 1. The largest absolute Gasteiger partial charge is 0.311 e. The van der Waals surface area contributed by atoms with Gasteiger partial charge in [-0.3, -0.25) is 19.2 Å². The molecule has 142 valence electrons. The van der Waals surface area contributed by atoms with Crippen molar-refractivity contribution in [2.24, 2.45) is 4.36 Å². The Morgan fingerprint density at radius 2 is 2.00 bits per heavy atom. The Morgan fingerprint density at radius 3 is 2.58 bits per heavy atom. The van der Waals surface area contributed by atoms with Crippen LogP contribution in [0, 0.1) is 0 Å². The van der Waals surface area contributed by atoms with Gasteiger partial charge in [0.1, 0.15) is 5.41 Å². The van der Waals surface area contributed by atoms with E-state index in [9.17, 15) is 18.0 Å². The van der Waals surface area contributed by atoms with Gasteiger partial charge < -0.3 is 0 Å². The Balaban J connectivity index is 2.37. The maximum atomic E-state index is 13.3. The molecular formula is C17H23N3O4S2. The lowest BCUT2D eigenvalue weighted by Crippen LogP contribution is -2.44. The molecule has 0 aliphatic heterocycles. The van der Waals surface area contributed by atoms with Gasteiger partial charge in [-0.15, -0.1) is 0 Å². The highest BCUT2D eigenvalue weighted by atomic mass is 32.2. The highest BCUT2D eigenvalue weighted by molar-refractivity contribution is 8.11. The minimum atomic E-state index is -2.60. The van der Waals surface area contributed by atoms with E-state index in [2.05, 4.69) is 9.08 Å². The number of amides is 2. The second-order valence-electron chi connectivity index (χ2n) is 6.12. The first-order chi connectivity index (χ1) is 12.5. The van der Waals surface area contributed by atoms with E-state index in [1.807, 2.05) is 13.0 Å². The Kier molecular flexibility index (Phi) is 7.36. The van der Waals surface area contributed by atoms with Gasteiger partial charge in [0.25, 0.3) is 0 Å². The van der Waals surface area contributed by atoms with Crippen molar-refractivity contribution in [2.75, 3.05) is 13.6 Å². The molecule has 7 nitrogen and oxygen atoms in total. The summed E-state index contributed by atoms with van der Waals surface area (Å²) >= 11 is 0.844. The summed E-state index contributed by atoms with van der Waals surface area (Å²) in [7, 11) is -0.991. The zero-order valence-corrected chi connectivity index (χ0v) is 16.5. The first-order valence-electron chi connectivity index (χ1n) is 8.52. The molecule has 1 aliphatic carbocycles. The van der Waals surface area contributed by atoms with Gasteiger partial charge in [-0.1, -0.05) is 50.1 Å². The molecule has 26 heavy (non-hydrogen) atoms. The Morgan fingerprint density at radius 1 is 1.31 bits per heavy atom. The number of unbranched alkanes of at least 4 members (excludes halogenated alkanes) is 2. The van der Waals surface area contributed by atoms with E-state index in [1.165, 1.54) is 4.90 Å². The van der Waals surface area contributed by atoms with Crippen molar-refractivity contribution in [1.82, 2.24) is 9.62 Å². The molecule has 1 aromatic rings. The number of rotatable bonds is 8. The normalized spacial score (nSPS) is 21.1. The van der Waals surface area contributed by atoms with Crippen LogP contribution in [0.15, 0.2) is 34.7 Å². The van der Waals surface area contributed by atoms with Crippen molar-refractivity contribution < 1.29 is 18.0 Å². The van der Waals surface area contributed by atoms with Crippen molar-refractivity contribution in [3.63, 3.8) is 0 Å². The van der Waals surface area contributed by atoms with Crippen LogP contribution in [0.25, 0.3) is 0 Å². The summed E-state index contributed by atoms with van der Waals surface area (Å²) in [5.41, 5.74) is -0.399. The predicted molar refractivity (Wildman–Crippen MR) is 101 cm³/mol. The van der Waals surface area contributed by atoms with Crippen molar-refractivity contribution >= 4 is 33.6 Å². The van der Waals surface area contributed by atoms with Gasteiger partial charge in [0.2, 0.25) is 5.91 Å². The molecule has 2 unspecified atom stereocenters. The molecule has 0 heterocycles. The van der Waals surface area contributed by atoms with E-state index in [1.54, 1.807) is 31.3 Å². The van der Waals surface area contributed by atoms with Crippen LogP contribution in [-0.4, -0.2) is 44.1 Å². The van der Waals surface area contributed by atoms with Crippen LogP contribution in [0.3, 0.4) is 0 Å². The van der Waals surface area contributed by atoms with Crippen molar-refractivity contribution in [1.29, 1.82) is 0 Å². The van der Waals surface area contributed by atoms with Gasteiger partial charge in [0.15, 0.2) is 0 Å². The number of hydrogen-bond acceptors (Lipinski definition) is 7. The van der Waals surface area contributed by atoms with Gasteiger partial charge in [-0.25, -0.2) is 0 Å². The maximum Gasteiger partial charge on any atom is 0.311 e. The number of benzene rings is 1. The van der Waals surface area contributed by atoms with E-state index in [-0.39, 0.29) is 12.3 Å². The second kappa shape index (κ2) is 9.29. The first-order valence-corrected chi connectivity index (χ1v) is 10.4. The summed E-state index contributed by atoms with van der Waals surface area (Å²) in [5, 5.41) is -0.391. The quantitative estimate of drug-likeness (QED) is 0.535. The van der Waals surface area contributed by atoms with Gasteiger partial charge >= 0.3 is 15.7 Å². The lowest BCUT2D eigenvalue weighted by molar-refractivity contribution is -0.130. The van der Waals surface area contributed by atoms with Gasteiger partial charge in [0, 0.05) is 18.5 Å².